The van der Waals surface area contributed by atoms with Crippen LogP contribution in [-0.4, -0.2) is 31.3 Å². The van der Waals surface area contributed by atoms with E-state index in [0.717, 1.165) is 16.9 Å². The summed E-state index contributed by atoms with van der Waals surface area (Å²) in [6.07, 6.45) is 0.350. The number of carbonyl (C=O) groups is 2. The van der Waals surface area contributed by atoms with E-state index in [1.807, 2.05) is 75.4 Å². The minimum atomic E-state index is -0.539. The number of rotatable bonds is 8. The summed E-state index contributed by atoms with van der Waals surface area (Å²) >= 11 is 0. The minimum Gasteiger partial charge on any atom is -0.497 e. The number of amides is 2. The van der Waals surface area contributed by atoms with E-state index in [0.29, 0.717) is 19.4 Å². The highest BCUT2D eigenvalue weighted by molar-refractivity contribution is 5.77. The number of hydrogen-bond acceptors (Lipinski definition) is 4. The van der Waals surface area contributed by atoms with E-state index in [1.165, 1.54) is 0 Å². The SMILES string of the molecule is COc1ccc(C(NC(=O)CCCNC(=O)OC(C)(C)C)c2ccccc2)cc1. The molecule has 1 unspecified atom stereocenters. The van der Waals surface area contributed by atoms with Gasteiger partial charge in [0.25, 0.3) is 0 Å². The van der Waals surface area contributed by atoms with Gasteiger partial charge in [0.05, 0.1) is 13.2 Å². The largest absolute Gasteiger partial charge is 0.497 e. The first-order valence-corrected chi connectivity index (χ1v) is 9.73. The highest BCUT2D eigenvalue weighted by Crippen LogP contribution is 2.24. The van der Waals surface area contributed by atoms with Gasteiger partial charge >= 0.3 is 6.09 Å². The summed E-state index contributed by atoms with van der Waals surface area (Å²) in [5.74, 6) is 0.681. The summed E-state index contributed by atoms with van der Waals surface area (Å²) in [6, 6.07) is 17.2. The number of carbonyl (C=O) groups excluding carboxylic acids is 2. The maximum atomic E-state index is 12.5. The smallest absolute Gasteiger partial charge is 0.407 e. The third-order valence-corrected chi connectivity index (χ3v) is 4.14. The second-order valence-electron chi connectivity index (χ2n) is 7.72. The van der Waals surface area contributed by atoms with Crippen molar-refractivity contribution >= 4 is 12.0 Å². The molecule has 156 valence electrons. The highest BCUT2D eigenvalue weighted by atomic mass is 16.6. The van der Waals surface area contributed by atoms with Crippen molar-refractivity contribution in [2.45, 2.75) is 45.3 Å². The molecule has 0 bridgehead atoms. The monoisotopic (exact) mass is 398 g/mol. The van der Waals surface area contributed by atoms with Crippen LogP contribution in [-0.2, 0) is 9.53 Å². The van der Waals surface area contributed by atoms with Gasteiger partial charge < -0.3 is 20.1 Å². The molecule has 0 radical (unpaired) electrons. The molecule has 0 aromatic heterocycles. The van der Waals surface area contributed by atoms with E-state index in [1.54, 1.807) is 7.11 Å². The molecule has 2 rings (SSSR count). The van der Waals surface area contributed by atoms with Gasteiger partial charge in [0.15, 0.2) is 0 Å². The van der Waals surface area contributed by atoms with Crippen molar-refractivity contribution in [3.63, 3.8) is 0 Å². The molecular formula is C23H30N2O4. The number of nitrogens with one attached hydrogen (secondary N) is 2. The van der Waals surface area contributed by atoms with Crippen molar-refractivity contribution in [1.29, 1.82) is 0 Å². The number of methoxy groups -OCH3 is 1. The Labute approximate surface area is 172 Å². The van der Waals surface area contributed by atoms with E-state index in [9.17, 15) is 9.59 Å². The molecule has 0 fully saturated rings. The Bertz CT molecular complexity index is 783. The van der Waals surface area contributed by atoms with Crippen LogP contribution in [0.3, 0.4) is 0 Å². The van der Waals surface area contributed by atoms with Crippen LogP contribution >= 0.6 is 0 Å². The molecule has 0 saturated heterocycles. The molecule has 6 heteroatoms. The summed E-state index contributed by atoms with van der Waals surface area (Å²) in [5, 5.41) is 5.76. The summed E-state index contributed by atoms with van der Waals surface area (Å²) in [7, 11) is 1.62. The van der Waals surface area contributed by atoms with Gasteiger partial charge in [-0.3, -0.25) is 4.79 Å². The molecule has 6 nitrogen and oxygen atoms in total. The fraction of sp³-hybridized carbons (Fsp3) is 0.391. The molecule has 2 aromatic carbocycles. The lowest BCUT2D eigenvalue weighted by molar-refractivity contribution is -0.121. The second-order valence-corrected chi connectivity index (χ2v) is 7.72. The van der Waals surface area contributed by atoms with E-state index in [4.69, 9.17) is 9.47 Å². The standard InChI is InChI=1S/C23H30N2O4/c1-23(2,3)29-22(27)24-16-8-11-20(26)25-21(17-9-6-5-7-10-17)18-12-14-19(28-4)15-13-18/h5-7,9-10,12-15,21H,8,11,16H2,1-4H3,(H,24,27)(H,25,26). The van der Waals surface area contributed by atoms with Gasteiger partial charge in [-0.1, -0.05) is 42.5 Å². The summed E-state index contributed by atoms with van der Waals surface area (Å²) < 4.78 is 10.4. The van der Waals surface area contributed by atoms with Crippen LogP contribution in [0.15, 0.2) is 54.6 Å². The number of hydrogen-bond donors (Lipinski definition) is 2. The van der Waals surface area contributed by atoms with Crippen LogP contribution in [0.2, 0.25) is 0 Å². The van der Waals surface area contributed by atoms with Crippen molar-refractivity contribution in [2.24, 2.45) is 0 Å². The molecule has 0 heterocycles. The Morgan fingerprint density at radius 3 is 2.17 bits per heavy atom. The number of alkyl carbamates (subject to hydrolysis) is 1. The maximum Gasteiger partial charge on any atom is 0.407 e. The molecule has 0 aliphatic heterocycles. The van der Waals surface area contributed by atoms with E-state index >= 15 is 0 Å². The predicted molar refractivity (Wildman–Crippen MR) is 113 cm³/mol. The number of ether oxygens (including phenoxy) is 2. The zero-order chi connectivity index (χ0) is 21.3. The lowest BCUT2D eigenvalue weighted by Gasteiger charge is -2.21. The van der Waals surface area contributed by atoms with Gasteiger partial charge in [0.1, 0.15) is 11.4 Å². The van der Waals surface area contributed by atoms with E-state index < -0.39 is 11.7 Å². The molecule has 0 spiro atoms. The molecule has 29 heavy (non-hydrogen) atoms. The van der Waals surface area contributed by atoms with E-state index in [-0.39, 0.29) is 11.9 Å². The van der Waals surface area contributed by atoms with Crippen molar-refractivity contribution < 1.29 is 19.1 Å². The third-order valence-electron chi connectivity index (χ3n) is 4.14. The van der Waals surface area contributed by atoms with Crippen LogP contribution in [0.25, 0.3) is 0 Å². The Hall–Kier alpha value is -3.02. The molecule has 2 amide bonds. The average Bonchev–Trinajstić information content (AvgIpc) is 2.69. The molecular weight excluding hydrogens is 368 g/mol. The third kappa shape index (κ3) is 7.86. The first-order chi connectivity index (χ1) is 13.8. The Kier molecular flexibility index (Phi) is 8.07. The van der Waals surface area contributed by atoms with Crippen molar-refractivity contribution in [3.05, 3.63) is 65.7 Å². The topological polar surface area (TPSA) is 76.7 Å². The fourth-order valence-electron chi connectivity index (χ4n) is 2.79. The van der Waals surface area contributed by atoms with Crippen LogP contribution in [0.1, 0.15) is 50.8 Å². The Balaban J connectivity index is 1.93. The van der Waals surface area contributed by atoms with Crippen molar-refractivity contribution in [1.82, 2.24) is 10.6 Å². The van der Waals surface area contributed by atoms with Gasteiger partial charge in [-0.2, -0.15) is 0 Å². The predicted octanol–water partition coefficient (Wildman–Crippen LogP) is 4.21. The van der Waals surface area contributed by atoms with Gasteiger partial charge in [-0.25, -0.2) is 4.79 Å². The fourth-order valence-corrected chi connectivity index (χ4v) is 2.79. The van der Waals surface area contributed by atoms with E-state index in [2.05, 4.69) is 10.6 Å². The molecule has 2 N–H and O–H groups in total. The normalized spacial score (nSPS) is 12.0. The maximum absolute atomic E-state index is 12.5. The van der Waals surface area contributed by atoms with Crippen molar-refractivity contribution in [2.75, 3.05) is 13.7 Å². The zero-order valence-corrected chi connectivity index (χ0v) is 17.5. The van der Waals surface area contributed by atoms with Crippen LogP contribution in [0, 0.1) is 0 Å². The van der Waals surface area contributed by atoms with Crippen molar-refractivity contribution in [3.8, 4) is 5.75 Å². The zero-order valence-electron chi connectivity index (χ0n) is 17.5. The molecule has 0 saturated carbocycles. The quantitative estimate of drug-likeness (QED) is 0.653. The Morgan fingerprint density at radius 1 is 0.966 bits per heavy atom. The Morgan fingerprint density at radius 2 is 1.59 bits per heavy atom. The summed E-state index contributed by atoms with van der Waals surface area (Å²) in [6.45, 7) is 5.80. The first-order valence-electron chi connectivity index (χ1n) is 9.73. The van der Waals surface area contributed by atoms with Gasteiger partial charge in [-0.05, 0) is 50.5 Å². The number of benzene rings is 2. The summed E-state index contributed by atoms with van der Waals surface area (Å²) in [4.78, 5) is 24.2. The molecule has 0 aliphatic carbocycles. The molecule has 1 atom stereocenters. The lowest BCUT2D eigenvalue weighted by atomic mass is 9.98. The lowest BCUT2D eigenvalue weighted by Crippen LogP contribution is -2.34. The van der Waals surface area contributed by atoms with Crippen LogP contribution in [0.4, 0.5) is 4.79 Å². The summed E-state index contributed by atoms with van der Waals surface area (Å²) in [5.41, 5.74) is 1.43. The highest BCUT2D eigenvalue weighted by Gasteiger charge is 2.18. The first kappa shape index (κ1) is 22.3. The second kappa shape index (κ2) is 10.5. The molecule has 0 aliphatic rings. The average molecular weight is 399 g/mol. The van der Waals surface area contributed by atoms with Crippen LogP contribution in [0.5, 0.6) is 5.75 Å². The van der Waals surface area contributed by atoms with Gasteiger partial charge in [-0.15, -0.1) is 0 Å². The van der Waals surface area contributed by atoms with Gasteiger partial charge in [0.2, 0.25) is 5.91 Å². The van der Waals surface area contributed by atoms with Crippen LogP contribution < -0.4 is 15.4 Å². The minimum absolute atomic E-state index is 0.0827. The molecule has 2 aromatic rings. The van der Waals surface area contributed by atoms with Gasteiger partial charge in [0, 0.05) is 13.0 Å².